The smallest absolute Gasteiger partial charge is 0.180 e. The van der Waals surface area contributed by atoms with Crippen molar-refractivity contribution in [2.75, 3.05) is 12.8 Å². The van der Waals surface area contributed by atoms with E-state index in [9.17, 15) is 4.39 Å². The highest BCUT2D eigenvalue weighted by Crippen LogP contribution is 2.24. The number of hydrogen-bond donors (Lipinski definition) is 1. The average Bonchev–Trinajstić information content (AvgIpc) is 2.36. The average molecular weight is 313 g/mol. The Morgan fingerprint density at radius 3 is 2.78 bits per heavy atom. The normalized spacial score (nSPS) is 10.6. The molecule has 0 unspecified atom stereocenters. The van der Waals surface area contributed by atoms with Crippen LogP contribution in [0.25, 0.3) is 11.5 Å². The maximum absolute atomic E-state index is 12.8. The molecule has 0 aliphatic carbocycles. The first-order chi connectivity index (χ1) is 8.61. The number of halogens is 2. The summed E-state index contributed by atoms with van der Waals surface area (Å²) in [5.74, 6) is 0.210. The monoisotopic (exact) mass is 312 g/mol. The van der Waals surface area contributed by atoms with E-state index in [0.29, 0.717) is 28.3 Å². The minimum Gasteiger partial charge on any atom is -0.383 e. The van der Waals surface area contributed by atoms with Gasteiger partial charge in [0.05, 0.1) is 23.0 Å². The molecule has 0 saturated heterocycles. The number of ether oxygens (including phenoxy) is 1. The van der Waals surface area contributed by atoms with Crippen LogP contribution in [0.5, 0.6) is 0 Å². The first-order valence-corrected chi connectivity index (χ1v) is 5.84. The molecule has 18 heavy (non-hydrogen) atoms. The van der Waals surface area contributed by atoms with E-state index in [2.05, 4.69) is 30.9 Å². The lowest BCUT2D eigenvalue weighted by molar-refractivity contribution is 0.181. The first-order valence-electron chi connectivity index (χ1n) is 5.04. The van der Waals surface area contributed by atoms with Gasteiger partial charge in [-0.25, -0.2) is 19.3 Å². The minimum atomic E-state index is -0.416. The van der Waals surface area contributed by atoms with Crippen molar-refractivity contribution in [2.24, 2.45) is 0 Å². The van der Waals surface area contributed by atoms with Crippen LogP contribution in [-0.2, 0) is 11.3 Å². The van der Waals surface area contributed by atoms with Crippen LogP contribution in [0.3, 0.4) is 0 Å². The molecule has 0 aromatic carbocycles. The summed E-state index contributed by atoms with van der Waals surface area (Å²) in [6, 6.07) is 2.79. The Bertz CT molecular complexity index is 562. The SMILES string of the molecule is COCc1nc(-c2ccc(F)cn2)nc(N)c1Br. The number of nitrogen functional groups attached to an aromatic ring is 1. The Hall–Kier alpha value is -1.60. The van der Waals surface area contributed by atoms with Crippen LogP contribution in [0.15, 0.2) is 22.8 Å². The number of pyridine rings is 1. The van der Waals surface area contributed by atoms with Gasteiger partial charge >= 0.3 is 0 Å². The zero-order valence-electron chi connectivity index (χ0n) is 9.52. The molecule has 2 N–H and O–H groups in total. The third-order valence-electron chi connectivity index (χ3n) is 2.18. The highest BCUT2D eigenvalue weighted by atomic mass is 79.9. The van der Waals surface area contributed by atoms with E-state index in [-0.39, 0.29) is 5.82 Å². The summed E-state index contributed by atoms with van der Waals surface area (Å²) in [5, 5.41) is 0. The van der Waals surface area contributed by atoms with E-state index in [0.717, 1.165) is 6.20 Å². The molecule has 5 nitrogen and oxygen atoms in total. The summed E-state index contributed by atoms with van der Waals surface area (Å²) in [7, 11) is 1.56. The molecular formula is C11H10BrFN4O. The largest absolute Gasteiger partial charge is 0.383 e. The fraction of sp³-hybridized carbons (Fsp3) is 0.182. The fourth-order valence-corrected chi connectivity index (χ4v) is 1.66. The number of aromatic nitrogens is 3. The van der Waals surface area contributed by atoms with Crippen molar-refractivity contribution in [2.45, 2.75) is 6.61 Å². The summed E-state index contributed by atoms with van der Waals surface area (Å²) >= 11 is 3.29. The van der Waals surface area contributed by atoms with Gasteiger partial charge in [-0.3, -0.25) is 0 Å². The van der Waals surface area contributed by atoms with E-state index in [1.807, 2.05) is 0 Å². The van der Waals surface area contributed by atoms with Gasteiger partial charge in [0.2, 0.25) is 0 Å². The van der Waals surface area contributed by atoms with E-state index < -0.39 is 5.82 Å². The van der Waals surface area contributed by atoms with Crippen LogP contribution >= 0.6 is 15.9 Å². The van der Waals surface area contributed by atoms with Gasteiger partial charge < -0.3 is 10.5 Å². The van der Waals surface area contributed by atoms with E-state index in [4.69, 9.17) is 10.5 Å². The summed E-state index contributed by atoms with van der Waals surface area (Å²) in [4.78, 5) is 12.3. The number of nitrogens with zero attached hydrogens (tertiary/aromatic N) is 3. The maximum atomic E-state index is 12.8. The van der Waals surface area contributed by atoms with Crippen molar-refractivity contribution in [3.63, 3.8) is 0 Å². The molecule has 0 radical (unpaired) electrons. The molecule has 2 rings (SSSR count). The quantitative estimate of drug-likeness (QED) is 0.940. The molecular weight excluding hydrogens is 303 g/mol. The Morgan fingerprint density at radius 1 is 1.39 bits per heavy atom. The van der Waals surface area contributed by atoms with Gasteiger partial charge in [-0.2, -0.15) is 0 Å². The molecule has 2 aromatic heterocycles. The Kier molecular flexibility index (Phi) is 3.83. The number of rotatable bonds is 3. The second-order valence-corrected chi connectivity index (χ2v) is 4.28. The first kappa shape index (κ1) is 12.8. The van der Waals surface area contributed by atoms with Crippen LogP contribution in [0.2, 0.25) is 0 Å². The summed E-state index contributed by atoms with van der Waals surface area (Å²) in [5.41, 5.74) is 6.83. The van der Waals surface area contributed by atoms with Gasteiger partial charge in [0.1, 0.15) is 17.3 Å². The van der Waals surface area contributed by atoms with Crippen LogP contribution in [0, 0.1) is 5.82 Å². The van der Waals surface area contributed by atoms with Gasteiger partial charge in [0.25, 0.3) is 0 Å². The second kappa shape index (κ2) is 5.36. The molecule has 0 bridgehead atoms. The lowest BCUT2D eigenvalue weighted by Crippen LogP contribution is -2.04. The molecule has 2 heterocycles. The van der Waals surface area contributed by atoms with Crippen molar-refractivity contribution in [3.05, 3.63) is 34.3 Å². The van der Waals surface area contributed by atoms with Crippen LogP contribution in [0.1, 0.15) is 5.69 Å². The third-order valence-corrected chi connectivity index (χ3v) is 3.05. The summed E-state index contributed by atoms with van der Waals surface area (Å²) in [6.45, 7) is 0.293. The van der Waals surface area contributed by atoms with Crippen molar-refractivity contribution in [3.8, 4) is 11.5 Å². The molecule has 94 valence electrons. The predicted octanol–water partition coefficient (Wildman–Crippen LogP) is 2.17. The fourth-order valence-electron chi connectivity index (χ4n) is 1.37. The number of methoxy groups -OCH3 is 1. The van der Waals surface area contributed by atoms with Gasteiger partial charge in [-0.1, -0.05) is 0 Å². The molecule has 2 aromatic rings. The molecule has 0 aliphatic heterocycles. The van der Waals surface area contributed by atoms with Crippen molar-refractivity contribution >= 4 is 21.7 Å². The summed E-state index contributed by atoms with van der Waals surface area (Å²) in [6.07, 6.45) is 1.10. The van der Waals surface area contributed by atoms with Gasteiger partial charge in [-0.05, 0) is 28.1 Å². The predicted molar refractivity (Wildman–Crippen MR) is 68.0 cm³/mol. The number of nitrogens with two attached hydrogens (primary N) is 1. The van der Waals surface area contributed by atoms with E-state index in [1.165, 1.54) is 12.1 Å². The van der Waals surface area contributed by atoms with E-state index in [1.54, 1.807) is 7.11 Å². The summed E-state index contributed by atoms with van der Waals surface area (Å²) < 4.78 is 18.4. The van der Waals surface area contributed by atoms with Crippen molar-refractivity contribution < 1.29 is 9.13 Å². The standard InChI is InChI=1S/C11H10BrFN4O/c1-18-5-8-9(12)10(14)17-11(16-8)7-3-2-6(13)4-15-7/h2-4H,5H2,1H3,(H2,14,16,17). The Labute approximate surface area is 111 Å². The maximum Gasteiger partial charge on any atom is 0.180 e. The topological polar surface area (TPSA) is 73.9 Å². The molecule has 0 atom stereocenters. The Balaban J connectivity index is 2.48. The number of hydrogen-bond acceptors (Lipinski definition) is 5. The van der Waals surface area contributed by atoms with Gasteiger partial charge in [0.15, 0.2) is 5.82 Å². The van der Waals surface area contributed by atoms with Crippen molar-refractivity contribution in [1.29, 1.82) is 0 Å². The van der Waals surface area contributed by atoms with Crippen LogP contribution < -0.4 is 5.73 Å². The molecule has 0 amide bonds. The molecule has 0 fully saturated rings. The Morgan fingerprint density at radius 2 is 2.17 bits per heavy atom. The van der Waals surface area contributed by atoms with Gasteiger partial charge in [-0.15, -0.1) is 0 Å². The van der Waals surface area contributed by atoms with Gasteiger partial charge in [0, 0.05) is 7.11 Å². The van der Waals surface area contributed by atoms with Crippen LogP contribution in [0.4, 0.5) is 10.2 Å². The molecule has 0 saturated carbocycles. The second-order valence-electron chi connectivity index (χ2n) is 3.49. The molecule has 0 aliphatic rings. The van der Waals surface area contributed by atoms with Crippen molar-refractivity contribution in [1.82, 2.24) is 15.0 Å². The zero-order chi connectivity index (χ0) is 13.1. The highest BCUT2D eigenvalue weighted by molar-refractivity contribution is 9.10. The molecule has 0 spiro atoms. The minimum absolute atomic E-state index is 0.290. The van der Waals surface area contributed by atoms with E-state index >= 15 is 0 Å². The number of anilines is 1. The zero-order valence-corrected chi connectivity index (χ0v) is 11.1. The lowest BCUT2D eigenvalue weighted by Gasteiger charge is -2.07. The third kappa shape index (κ3) is 2.62. The van der Waals surface area contributed by atoms with Crippen LogP contribution in [-0.4, -0.2) is 22.1 Å². The highest BCUT2D eigenvalue weighted by Gasteiger charge is 2.12. The molecule has 7 heteroatoms. The lowest BCUT2D eigenvalue weighted by atomic mass is 10.3.